The van der Waals surface area contributed by atoms with Gasteiger partial charge in [-0.25, -0.2) is 4.98 Å². The monoisotopic (exact) mass is 175 g/mol. The van der Waals surface area contributed by atoms with Crippen LogP contribution in [0.3, 0.4) is 0 Å². The van der Waals surface area contributed by atoms with Crippen molar-refractivity contribution in [3.63, 3.8) is 0 Å². The Balaban J connectivity index is 2.89. The van der Waals surface area contributed by atoms with Crippen molar-refractivity contribution < 1.29 is 0 Å². The van der Waals surface area contributed by atoms with Gasteiger partial charge in [0.25, 0.3) is 5.56 Å². The van der Waals surface area contributed by atoms with Gasteiger partial charge in [0.1, 0.15) is 5.69 Å². The van der Waals surface area contributed by atoms with Gasteiger partial charge < -0.3 is 10.7 Å². The number of aromatic amines is 1. The number of nitrogen functional groups attached to an aromatic ring is 1. The minimum absolute atomic E-state index is 0.155. The predicted molar refractivity (Wildman–Crippen MR) is 51.5 cm³/mol. The molecule has 0 aliphatic heterocycles. The standard InChI is InChI=1S/C9H9N3O/c1-5-9(13)12-7-3-2-6(10)4-8(7)11-5/h2-4H,10H2,1H3,(H,12,13). The normalized spacial score (nSPS) is 10.5. The van der Waals surface area contributed by atoms with E-state index < -0.39 is 0 Å². The zero-order valence-electron chi connectivity index (χ0n) is 7.16. The largest absolute Gasteiger partial charge is 0.399 e. The zero-order chi connectivity index (χ0) is 9.42. The van der Waals surface area contributed by atoms with E-state index in [1.54, 1.807) is 25.1 Å². The molecule has 2 aromatic rings. The molecule has 0 aliphatic rings. The lowest BCUT2D eigenvalue weighted by atomic mass is 10.2. The average Bonchev–Trinajstić information content (AvgIpc) is 2.08. The highest BCUT2D eigenvalue weighted by molar-refractivity contribution is 5.77. The van der Waals surface area contributed by atoms with Crippen LogP contribution in [0, 0.1) is 6.92 Å². The second-order valence-corrected chi connectivity index (χ2v) is 2.93. The van der Waals surface area contributed by atoms with E-state index in [-0.39, 0.29) is 5.56 Å². The molecule has 0 atom stereocenters. The highest BCUT2D eigenvalue weighted by atomic mass is 16.1. The summed E-state index contributed by atoms with van der Waals surface area (Å²) in [7, 11) is 0. The van der Waals surface area contributed by atoms with Crippen LogP contribution in [-0.4, -0.2) is 9.97 Å². The third-order valence-corrected chi connectivity index (χ3v) is 1.89. The molecule has 0 unspecified atom stereocenters. The first-order valence-corrected chi connectivity index (χ1v) is 3.93. The van der Waals surface area contributed by atoms with Gasteiger partial charge in [-0.05, 0) is 25.1 Å². The molecule has 2 rings (SSSR count). The van der Waals surface area contributed by atoms with Gasteiger partial charge in [0, 0.05) is 5.69 Å². The number of aryl methyl sites for hydroxylation is 1. The van der Waals surface area contributed by atoms with Crippen molar-refractivity contribution in [2.24, 2.45) is 0 Å². The third-order valence-electron chi connectivity index (χ3n) is 1.89. The molecule has 13 heavy (non-hydrogen) atoms. The van der Waals surface area contributed by atoms with E-state index in [0.717, 1.165) is 5.52 Å². The molecule has 1 aromatic heterocycles. The Hall–Kier alpha value is -1.84. The fourth-order valence-corrected chi connectivity index (χ4v) is 1.19. The number of fused-ring (bicyclic) bond motifs is 1. The lowest BCUT2D eigenvalue weighted by molar-refractivity contribution is 1.12. The van der Waals surface area contributed by atoms with Crippen molar-refractivity contribution in [1.29, 1.82) is 0 Å². The Bertz CT molecular complexity index is 516. The van der Waals surface area contributed by atoms with Crippen molar-refractivity contribution in [1.82, 2.24) is 9.97 Å². The number of hydrogen-bond acceptors (Lipinski definition) is 3. The number of nitrogens with two attached hydrogens (primary N) is 1. The summed E-state index contributed by atoms with van der Waals surface area (Å²) < 4.78 is 0. The van der Waals surface area contributed by atoms with Crippen molar-refractivity contribution in [2.45, 2.75) is 6.92 Å². The molecule has 0 aliphatic carbocycles. The maximum absolute atomic E-state index is 11.2. The topological polar surface area (TPSA) is 71.8 Å². The summed E-state index contributed by atoms with van der Waals surface area (Å²) in [5, 5.41) is 0. The Morgan fingerprint density at radius 1 is 1.46 bits per heavy atom. The summed E-state index contributed by atoms with van der Waals surface area (Å²) in [6, 6.07) is 5.21. The first kappa shape index (κ1) is 7.79. The molecule has 1 aromatic carbocycles. The van der Waals surface area contributed by atoms with E-state index in [0.29, 0.717) is 16.9 Å². The molecule has 0 spiro atoms. The minimum Gasteiger partial charge on any atom is -0.399 e. The Morgan fingerprint density at radius 2 is 2.23 bits per heavy atom. The van der Waals surface area contributed by atoms with Crippen molar-refractivity contribution >= 4 is 16.7 Å². The number of anilines is 1. The van der Waals surface area contributed by atoms with Gasteiger partial charge in [0.05, 0.1) is 11.0 Å². The van der Waals surface area contributed by atoms with E-state index in [1.807, 2.05) is 0 Å². The molecule has 0 amide bonds. The van der Waals surface area contributed by atoms with Gasteiger partial charge in [-0.15, -0.1) is 0 Å². The number of hydrogen-bond donors (Lipinski definition) is 2. The molecule has 0 bridgehead atoms. The van der Waals surface area contributed by atoms with Crippen LogP contribution in [-0.2, 0) is 0 Å². The summed E-state index contributed by atoms with van der Waals surface area (Å²) in [6.07, 6.45) is 0. The van der Waals surface area contributed by atoms with E-state index in [1.165, 1.54) is 0 Å². The highest BCUT2D eigenvalue weighted by Gasteiger charge is 1.99. The summed E-state index contributed by atoms with van der Waals surface area (Å²) in [4.78, 5) is 18.0. The first-order valence-electron chi connectivity index (χ1n) is 3.93. The molecule has 0 saturated carbocycles. The van der Waals surface area contributed by atoms with Crippen LogP contribution in [0.4, 0.5) is 5.69 Å². The third kappa shape index (κ3) is 1.26. The average molecular weight is 175 g/mol. The smallest absolute Gasteiger partial charge is 0.269 e. The van der Waals surface area contributed by atoms with Crippen LogP contribution < -0.4 is 11.3 Å². The predicted octanol–water partition coefficient (Wildman–Crippen LogP) is 0.814. The number of rotatable bonds is 0. The quantitative estimate of drug-likeness (QED) is 0.582. The van der Waals surface area contributed by atoms with Crippen LogP contribution >= 0.6 is 0 Å². The van der Waals surface area contributed by atoms with Crippen LogP contribution in [0.15, 0.2) is 23.0 Å². The molecule has 0 fully saturated rings. The van der Waals surface area contributed by atoms with Crippen LogP contribution in [0.25, 0.3) is 11.0 Å². The number of aromatic nitrogens is 2. The molecule has 4 heteroatoms. The van der Waals surface area contributed by atoms with Crippen LogP contribution in [0.2, 0.25) is 0 Å². The lowest BCUT2D eigenvalue weighted by Gasteiger charge is -1.99. The molecule has 4 nitrogen and oxygen atoms in total. The number of benzene rings is 1. The van der Waals surface area contributed by atoms with Gasteiger partial charge >= 0.3 is 0 Å². The highest BCUT2D eigenvalue weighted by Crippen LogP contribution is 2.11. The summed E-state index contributed by atoms with van der Waals surface area (Å²) in [5.41, 5.74) is 7.96. The number of H-pyrrole nitrogens is 1. The second kappa shape index (κ2) is 2.58. The molecule has 66 valence electrons. The van der Waals surface area contributed by atoms with Crippen molar-refractivity contribution in [3.05, 3.63) is 34.2 Å². The summed E-state index contributed by atoms with van der Waals surface area (Å²) in [5.74, 6) is 0. The SMILES string of the molecule is Cc1nc2cc(N)ccc2[nH]c1=O. The van der Waals surface area contributed by atoms with Gasteiger partial charge in [0.15, 0.2) is 0 Å². The fourth-order valence-electron chi connectivity index (χ4n) is 1.19. The Labute approximate surface area is 74.4 Å². The Kier molecular flexibility index (Phi) is 1.55. The zero-order valence-corrected chi connectivity index (χ0v) is 7.16. The van der Waals surface area contributed by atoms with Crippen molar-refractivity contribution in [2.75, 3.05) is 5.73 Å². The number of nitrogens with one attached hydrogen (secondary N) is 1. The van der Waals surface area contributed by atoms with E-state index in [9.17, 15) is 4.79 Å². The summed E-state index contributed by atoms with van der Waals surface area (Å²) >= 11 is 0. The van der Waals surface area contributed by atoms with Gasteiger partial charge in [-0.3, -0.25) is 4.79 Å². The van der Waals surface area contributed by atoms with Crippen molar-refractivity contribution in [3.8, 4) is 0 Å². The molecule has 0 radical (unpaired) electrons. The molecule has 0 saturated heterocycles. The van der Waals surface area contributed by atoms with Gasteiger partial charge in [-0.2, -0.15) is 0 Å². The van der Waals surface area contributed by atoms with E-state index in [4.69, 9.17) is 5.73 Å². The fraction of sp³-hybridized carbons (Fsp3) is 0.111. The minimum atomic E-state index is -0.155. The molecular formula is C9H9N3O. The summed E-state index contributed by atoms with van der Waals surface area (Å²) in [6.45, 7) is 1.67. The lowest BCUT2D eigenvalue weighted by Crippen LogP contribution is -2.11. The second-order valence-electron chi connectivity index (χ2n) is 2.93. The maximum Gasteiger partial charge on any atom is 0.269 e. The molecule has 1 heterocycles. The molecular weight excluding hydrogens is 166 g/mol. The maximum atomic E-state index is 11.2. The van der Waals surface area contributed by atoms with Gasteiger partial charge in [0.2, 0.25) is 0 Å². The van der Waals surface area contributed by atoms with Gasteiger partial charge in [-0.1, -0.05) is 0 Å². The molecule has 3 N–H and O–H groups in total. The van der Waals surface area contributed by atoms with Crippen LogP contribution in [0.5, 0.6) is 0 Å². The number of nitrogens with zero attached hydrogens (tertiary/aromatic N) is 1. The van der Waals surface area contributed by atoms with E-state index in [2.05, 4.69) is 9.97 Å². The van der Waals surface area contributed by atoms with E-state index >= 15 is 0 Å². The first-order chi connectivity index (χ1) is 6.16. The van der Waals surface area contributed by atoms with Crippen LogP contribution in [0.1, 0.15) is 5.69 Å². The Morgan fingerprint density at radius 3 is 3.00 bits per heavy atom.